The molecule has 4 aliphatic heterocycles. The molecule has 4 fully saturated rings. The maximum absolute atomic E-state index is 13.5. The summed E-state index contributed by atoms with van der Waals surface area (Å²) in [5.74, 6) is 0.408. The van der Waals surface area contributed by atoms with Gasteiger partial charge in [0.25, 0.3) is 0 Å². The zero-order valence-corrected chi connectivity index (χ0v) is 17.1. The van der Waals surface area contributed by atoms with Crippen molar-refractivity contribution in [1.82, 2.24) is 14.8 Å². The van der Waals surface area contributed by atoms with Gasteiger partial charge in [0, 0.05) is 50.8 Å². The average molecular weight is 412 g/mol. The van der Waals surface area contributed by atoms with Crippen LogP contribution in [0.5, 0.6) is 0 Å². The molecule has 5 heterocycles. The van der Waals surface area contributed by atoms with Gasteiger partial charge in [0.05, 0.1) is 5.56 Å². The quantitative estimate of drug-likeness (QED) is 0.811. The maximum Gasteiger partial charge on any atom is 0.337 e. The second-order valence-corrected chi connectivity index (χ2v) is 9.11. The van der Waals surface area contributed by atoms with Crippen molar-refractivity contribution < 1.29 is 19.5 Å². The van der Waals surface area contributed by atoms with E-state index in [1.807, 2.05) is 9.80 Å². The molecule has 4 saturated heterocycles. The first-order chi connectivity index (χ1) is 14.5. The summed E-state index contributed by atoms with van der Waals surface area (Å²) in [6, 6.07) is 3.07. The van der Waals surface area contributed by atoms with E-state index in [4.69, 9.17) is 5.11 Å². The fourth-order valence-corrected chi connectivity index (χ4v) is 5.98. The second kappa shape index (κ2) is 7.56. The normalized spacial score (nSPS) is 30.9. The minimum Gasteiger partial charge on any atom is -0.478 e. The van der Waals surface area contributed by atoms with Crippen molar-refractivity contribution in [3.05, 3.63) is 23.9 Å². The molecule has 2 amide bonds. The number of rotatable bonds is 3. The van der Waals surface area contributed by atoms with Crippen LogP contribution >= 0.6 is 0 Å². The van der Waals surface area contributed by atoms with Gasteiger partial charge in [-0.05, 0) is 50.2 Å². The van der Waals surface area contributed by atoms with E-state index < -0.39 is 5.97 Å². The molecule has 0 saturated carbocycles. The van der Waals surface area contributed by atoms with Gasteiger partial charge in [-0.25, -0.2) is 9.78 Å². The van der Waals surface area contributed by atoms with Crippen LogP contribution in [-0.2, 0) is 9.59 Å². The van der Waals surface area contributed by atoms with Gasteiger partial charge < -0.3 is 19.8 Å². The number of hydrogen-bond donors (Lipinski definition) is 1. The number of amides is 2. The summed E-state index contributed by atoms with van der Waals surface area (Å²) in [6.07, 6.45) is 6.81. The molecule has 1 N–H and O–H groups in total. The smallest absolute Gasteiger partial charge is 0.337 e. The van der Waals surface area contributed by atoms with E-state index in [9.17, 15) is 14.4 Å². The number of carbonyl (C=O) groups excluding carboxylic acids is 2. The molecule has 1 aromatic heterocycles. The Hall–Kier alpha value is -2.64. The lowest BCUT2D eigenvalue weighted by molar-refractivity contribution is -0.160. The van der Waals surface area contributed by atoms with Crippen LogP contribution in [0.2, 0.25) is 0 Å². The van der Waals surface area contributed by atoms with Gasteiger partial charge in [-0.1, -0.05) is 0 Å². The van der Waals surface area contributed by atoms with Gasteiger partial charge in [-0.15, -0.1) is 0 Å². The standard InChI is InChI=1S/C22H28N4O4/c27-19-5-3-4-17-15-10-16(20(26(17)19)21(28)24-8-1-2-9-24)13-25(12-15)18-7-6-14(11-23-18)22(29)30/h6-7,11,15-17,20H,1-5,8-10,12-13H2,(H,29,30)/t15-,16+,17+,20-/m1/s1. The van der Waals surface area contributed by atoms with Crippen LogP contribution in [0, 0.1) is 11.8 Å². The number of nitrogens with zero attached hydrogens (tertiary/aromatic N) is 4. The predicted octanol–water partition coefficient (Wildman–Crippen LogP) is 1.61. The third kappa shape index (κ3) is 3.22. The molecular formula is C22H28N4O4. The van der Waals surface area contributed by atoms with E-state index in [0.717, 1.165) is 57.6 Å². The molecule has 160 valence electrons. The molecule has 4 atom stereocenters. The lowest BCUT2D eigenvalue weighted by Crippen LogP contribution is -2.68. The van der Waals surface area contributed by atoms with E-state index in [2.05, 4.69) is 9.88 Å². The Bertz CT molecular complexity index is 851. The zero-order valence-electron chi connectivity index (χ0n) is 17.1. The van der Waals surface area contributed by atoms with Crippen molar-refractivity contribution >= 4 is 23.6 Å². The number of anilines is 1. The van der Waals surface area contributed by atoms with E-state index in [0.29, 0.717) is 18.9 Å². The van der Waals surface area contributed by atoms with E-state index in [1.54, 1.807) is 12.1 Å². The van der Waals surface area contributed by atoms with Gasteiger partial charge in [0.2, 0.25) is 11.8 Å². The first-order valence-electron chi connectivity index (χ1n) is 11.1. The average Bonchev–Trinajstić information content (AvgIpc) is 3.29. The zero-order chi connectivity index (χ0) is 20.8. The minimum absolute atomic E-state index is 0.0797. The molecule has 2 bridgehead atoms. The Kier molecular flexibility index (Phi) is 4.87. The lowest BCUT2D eigenvalue weighted by atomic mass is 9.71. The monoisotopic (exact) mass is 412 g/mol. The topological polar surface area (TPSA) is 94.0 Å². The highest BCUT2D eigenvalue weighted by atomic mass is 16.4. The number of fused-ring (bicyclic) bond motifs is 4. The van der Waals surface area contributed by atoms with Crippen molar-refractivity contribution in [1.29, 1.82) is 0 Å². The number of pyridine rings is 1. The molecule has 5 rings (SSSR count). The predicted molar refractivity (Wildman–Crippen MR) is 109 cm³/mol. The molecule has 0 aromatic carbocycles. The van der Waals surface area contributed by atoms with E-state index >= 15 is 0 Å². The number of carbonyl (C=O) groups is 3. The Morgan fingerprint density at radius 1 is 1.07 bits per heavy atom. The fourth-order valence-electron chi connectivity index (χ4n) is 5.98. The van der Waals surface area contributed by atoms with Crippen molar-refractivity contribution in [2.24, 2.45) is 11.8 Å². The summed E-state index contributed by atoms with van der Waals surface area (Å²) in [6.45, 7) is 3.03. The van der Waals surface area contributed by atoms with Crippen LogP contribution in [0.1, 0.15) is 48.9 Å². The van der Waals surface area contributed by atoms with Gasteiger partial charge in [0.15, 0.2) is 0 Å². The number of likely N-dealkylation sites (tertiary alicyclic amines) is 1. The Labute approximate surface area is 175 Å². The number of aromatic carboxylic acids is 1. The highest BCUT2D eigenvalue weighted by molar-refractivity contribution is 5.89. The molecule has 4 aliphatic rings. The third-order valence-electron chi connectivity index (χ3n) is 7.33. The number of piperidine rings is 3. The Morgan fingerprint density at radius 3 is 2.53 bits per heavy atom. The molecule has 30 heavy (non-hydrogen) atoms. The Balaban J connectivity index is 1.44. The van der Waals surface area contributed by atoms with Crippen LogP contribution < -0.4 is 4.90 Å². The summed E-state index contributed by atoms with van der Waals surface area (Å²) in [5.41, 5.74) is 0.169. The van der Waals surface area contributed by atoms with Crippen molar-refractivity contribution in [2.75, 3.05) is 31.1 Å². The summed E-state index contributed by atoms with van der Waals surface area (Å²) in [7, 11) is 0. The summed E-state index contributed by atoms with van der Waals surface area (Å²) in [4.78, 5) is 48.0. The minimum atomic E-state index is -0.989. The number of aromatic nitrogens is 1. The Morgan fingerprint density at radius 2 is 1.83 bits per heavy atom. The van der Waals surface area contributed by atoms with E-state index in [-0.39, 0.29) is 35.4 Å². The second-order valence-electron chi connectivity index (χ2n) is 9.11. The first-order valence-corrected chi connectivity index (χ1v) is 11.1. The number of carboxylic acid groups (broad SMARTS) is 1. The van der Waals surface area contributed by atoms with Crippen LogP contribution in [-0.4, -0.2) is 75.9 Å². The largest absolute Gasteiger partial charge is 0.478 e. The highest BCUT2D eigenvalue weighted by Gasteiger charge is 2.53. The maximum atomic E-state index is 13.5. The van der Waals surface area contributed by atoms with Crippen molar-refractivity contribution in [3.63, 3.8) is 0 Å². The molecule has 0 radical (unpaired) electrons. The van der Waals surface area contributed by atoms with Crippen LogP contribution in [0.3, 0.4) is 0 Å². The summed E-state index contributed by atoms with van der Waals surface area (Å²) >= 11 is 0. The fraction of sp³-hybridized carbons (Fsp3) is 0.636. The molecule has 0 spiro atoms. The summed E-state index contributed by atoms with van der Waals surface area (Å²) < 4.78 is 0. The lowest BCUT2D eigenvalue weighted by Gasteiger charge is -2.56. The molecule has 0 unspecified atom stereocenters. The van der Waals surface area contributed by atoms with Gasteiger partial charge in [-0.3, -0.25) is 9.59 Å². The number of carboxylic acids is 1. The van der Waals surface area contributed by atoms with Gasteiger partial charge in [-0.2, -0.15) is 0 Å². The molecule has 0 aliphatic carbocycles. The molecule has 8 heteroatoms. The van der Waals surface area contributed by atoms with Crippen LogP contribution in [0.4, 0.5) is 5.82 Å². The first kappa shape index (κ1) is 19.3. The van der Waals surface area contributed by atoms with Crippen LogP contribution in [0.25, 0.3) is 0 Å². The molecule has 8 nitrogen and oxygen atoms in total. The third-order valence-corrected chi connectivity index (χ3v) is 7.33. The van der Waals surface area contributed by atoms with Gasteiger partial charge >= 0.3 is 5.97 Å². The van der Waals surface area contributed by atoms with Crippen molar-refractivity contribution in [3.8, 4) is 0 Å². The van der Waals surface area contributed by atoms with Crippen LogP contribution in [0.15, 0.2) is 18.3 Å². The molecule has 1 aromatic rings. The van der Waals surface area contributed by atoms with E-state index in [1.165, 1.54) is 6.20 Å². The highest BCUT2D eigenvalue weighted by Crippen LogP contribution is 2.43. The molecular weight excluding hydrogens is 384 g/mol. The SMILES string of the molecule is O=C(O)c1ccc(N2C[C@H]3C[C@@H](C2)[C@H](C(=O)N2CCCC2)N2C(=O)CCC[C@@H]32)nc1. The summed E-state index contributed by atoms with van der Waals surface area (Å²) in [5, 5.41) is 9.14. The number of hydrogen-bond acceptors (Lipinski definition) is 5. The van der Waals surface area contributed by atoms with Gasteiger partial charge in [0.1, 0.15) is 11.9 Å². The van der Waals surface area contributed by atoms with Crippen molar-refractivity contribution in [2.45, 2.75) is 50.6 Å².